The predicted octanol–water partition coefficient (Wildman–Crippen LogP) is 11.9. The molecule has 0 amide bonds. The highest BCUT2D eigenvalue weighted by Crippen LogP contribution is 2.55. The summed E-state index contributed by atoms with van der Waals surface area (Å²) in [6.07, 6.45) is -7.13. The zero-order valence-electron chi connectivity index (χ0n) is 25.8. The van der Waals surface area contributed by atoms with Gasteiger partial charge in [0.25, 0.3) is 0 Å². The van der Waals surface area contributed by atoms with Crippen molar-refractivity contribution in [1.82, 2.24) is 0 Å². The molecule has 0 fully saturated rings. The van der Waals surface area contributed by atoms with E-state index in [1.807, 2.05) is 0 Å². The largest absolute Gasteiger partial charge is 0.460 e. The van der Waals surface area contributed by atoms with E-state index in [2.05, 4.69) is 133 Å². The van der Waals surface area contributed by atoms with E-state index in [0.29, 0.717) is 0 Å². The quantitative estimate of drug-likeness (QED) is 0.105. The lowest BCUT2D eigenvalue weighted by Crippen LogP contribution is -2.63. The van der Waals surface area contributed by atoms with Crippen LogP contribution in [-0.2, 0) is 10.1 Å². The van der Waals surface area contributed by atoms with Gasteiger partial charge in [-0.3, -0.25) is 4.55 Å². The normalized spacial score (nSPS) is 13.1. The Morgan fingerprint density at radius 2 is 0.784 bits per heavy atom. The lowest BCUT2D eigenvalue weighted by molar-refractivity contribution is -0.382. The number of benzene rings is 7. The second kappa shape index (κ2) is 12.6. The Morgan fingerprint density at radius 3 is 1.14 bits per heavy atom. The van der Waals surface area contributed by atoms with Gasteiger partial charge in [0, 0.05) is 0 Å². The van der Waals surface area contributed by atoms with Crippen LogP contribution in [0.4, 0.5) is 39.5 Å². The van der Waals surface area contributed by atoms with Crippen LogP contribution >= 0.6 is 0 Å². The molecule has 262 valence electrons. The molecule has 0 saturated carbocycles. The SMILES string of the molecule is O=S(=O)(O)C(F)(F)C(F)(F)C(F)(F)C(F)(F)F.c1ccc(-c2c(-c3ccccc3)c3ccc4cccc5ccc(c2-c2ccccc2)c3c45)cc1. The molecule has 7 aromatic carbocycles. The highest BCUT2D eigenvalue weighted by molar-refractivity contribution is 7.87. The van der Waals surface area contributed by atoms with Crippen LogP contribution in [0.5, 0.6) is 0 Å². The highest BCUT2D eigenvalue weighted by atomic mass is 32.2. The molecular formula is C38H23F9O3S. The van der Waals surface area contributed by atoms with Gasteiger partial charge >= 0.3 is 33.4 Å². The molecule has 0 spiro atoms. The smallest absolute Gasteiger partial charge is 0.281 e. The number of hydrogen-bond acceptors (Lipinski definition) is 2. The molecule has 3 nitrogen and oxygen atoms in total. The Labute approximate surface area is 284 Å². The average Bonchev–Trinajstić information content (AvgIpc) is 3.10. The molecule has 7 aromatic rings. The molecule has 0 aliphatic rings. The van der Waals surface area contributed by atoms with E-state index in [0.717, 1.165) is 0 Å². The fourth-order valence-corrected chi connectivity index (χ4v) is 6.57. The Bertz CT molecular complexity index is 2340. The van der Waals surface area contributed by atoms with E-state index in [9.17, 15) is 47.9 Å². The van der Waals surface area contributed by atoms with Crippen LogP contribution in [0.2, 0.25) is 0 Å². The van der Waals surface area contributed by atoms with Crippen molar-refractivity contribution >= 4 is 42.4 Å². The van der Waals surface area contributed by atoms with Gasteiger partial charge in [0.1, 0.15) is 0 Å². The van der Waals surface area contributed by atoms with Crippen LogP contribution in [0, 0.1) is 0 Å². The summed E-state index contributed by atoms with van der Waals surface area (Å²) in [5.74, 6) is -14.7. The standard InChI is InChI=1S/C34H22.C4HF9O3S/c1-4-11-23(12-5-1)31-28-21-19-26-17-10-18-27-20-22-29(34(28)30(26)27)32(24-13-6-2-7-14-24)33(31)25-15-8-3-9-16-25;5-1(6,3(9,10)11)2(7,8)4(12,13)17(14,15)16/h1-22H;(H,14,15,16). The molecule has 0 aromatic heterocycles. The summed E-state index contributed by atoms with van der Waals surface area (Å²) < 4.78 is 134. The van der Waals surface area contributed by atoms with Crippen molar-refractivity contribution in [3.05, 3.63) is 133 Å². The minimum atomic E-state index is -7.37. The zero-order valence-corrected chi connectivity index (χ0v) is 26.6. The molecule has 0 heterocycles. The van der Waals surface area contributed by atoms with Gasteiger partial charge < -0.3 is 0 Å². The Balaban J connectivity index is 0.000000226. The summed E-state index contributed by atoms with van der Waals surface area (Å²) in [6, 6.07) is 48.5. The van der Waals surface area contributed by atoms with Gasteiger partial charge in [0.2, 0.25) is 0 Å². The second-order valence-electron chi connectivity index (χ2n) is 11.5. The van der Waals surface area contributed by atoms with Crippen LogP contribution < -0.4 is 0 Å². The summed E-state index contributed by atoms with van der Waals surface area (Å²) >= 11 is 0. The van der Waals surface area contributed by atoms with Gasteiger partial charge in [-0.15, -0.1) is 0 Å². The highest BCUT2D eigenvalue weighted by Gasteiger charge is 2.85. The Hall–Kier alpha value is -5.14. The van der Waals surface area contributed by atoms with Crippen molar-refractivity contribution < 1.29 is 52.5 Å². The minimum Gasteiger partial charge on any atom is -0.281 e. The third kappa shape index (κ3) is 5.83. The third-order valence-corrected chi connectivity index (χ3v) is 9.35. The fourth-order valence-electron chi connectivity index (χ4n) is 6.12. The maximum absolute atomic E-state index is 12.2. The summed E-state index contributed by atoms with van der Waals surface area (Å²) in [6.45, 7) is 0. The lowest BCUT2D eigenvalue weighted by atomic mass is 9.79. The molecule has 0 bridgehead atoms. The first-order valence-electron chi connectivity index (χ1n) is 15.0. The maximum Gasteiger partial charge on any atom is 0.460 e. The molecule has 0 aliphatic heterocycles. The summed E-state index contributed by atoms with van der Waals surface area (Å²) in [4.78, 5) is 0. The van der Waals surface area contributed by atoms with Gasteiger partial charge in [0.05, 0.1) is 0 Å². The van der Waals surface area contributed by atoms with Crippen LogP contribution in [0.15, 0.2) is 133 Å². The van der Waals surface area contributed by atoms with Gasteiger partial charge in [-0.2, -0.15) is 47.9 Å². The molecule has 0 saturated heterocycles. The first kappa shape index (κ1) is 35.7. The maximum atomic E-state index is 12.2. The monoisotopic (exact) mass is 730 g/mol. The first-order chi connectivity index (χ1) is 23.9. The van der Waals surface area contributed by atoms with E-state index in [4.69, 9.17) is 4.55 Å². The molecule has 51 heavy (non-hydrogen) atoms. The number of alkyl halides is 9. The zero-order chi connectivity index (χ0) is 37.0. The van der Waals surface area contributed by atoms with Crippen LogP contribution in [0.1, 0.15) is 0 Å². The van der Waals surface area contributed by atoms with Crippen molar-refractivity contribution in [1.29, 1.82) is 0 Å². The first-order valence-corrected chi connectivity index (χ1v) is 16.4. The molecule has 7 rings (SSSR count). The van der Waals surface area contributed by atoms with E-state index < -0.39 is 33.4 Å². The van der Waals surface area contributed by atoms with Crippen molar-refractivity contribution in [3.8, 4) is 33.4 Å². The average molecular weight is 731 g/mol. The van der Waals surface area contributed by atoms with Crippen LogP contribution in [0.3, 0.4) is 0 Å². The molecule has 0 atom stereocenters. The predicted molar refractivity (Wildman–Crippen MR) is 179 cm³/mol. The van der Waals surface area contributed by atoms with E-state index in [-0.39, 0.29) is 0 Å². The van der Waals surface area contributed by atoms with Crippen LogP contribution in [0.25, 0.3) is 65.7 Å². The third-order valence-electron chi connectivity index (χ3n) is 8.44. The molecule has 13 heteroatoms. The number of halogens is 9. The fraction of sp³-hybridized carbons (Fsp3) is 0.105. The summed E-state index contributed by atoms with van der Waals surface area (Å²) in [5.41, 5.74) is 7.63. The van der Waals surface area contributed by atoms with E-state index >= 15 is 0 Å². The van der Waals surface area contributed by atoms with E-state index in [1.54, 1.807) is 0 Å². The van der Waals surface area contributed by atoms with Gasteiger partial charge in [-0.1, -0.05) is 133 Å². The van der Waals surface area contributed by atoms with Crippen molar-refractivity contribution in [2.24, 2.45) is 0 Å². The van der Waals surface area contributed by atoms with Crippen molar-refractivity contribution in [3.63, 3.8) is 0 Å². The molecule has 1 N–H and O–H groups in total. The molecule has 0 aliphatic carbocycles. The number of hydrogen-bond donors (Lipinski definition) is 1. The topological polar surface area (TPSA) is 54.4 Å². The summed E-state index contributed by atoms with van der Waals surface area (Å²) in [5, 5.41) is 0.911. The van der Waals surface area contributed by atoms with Gasteiger partial charge in [0.15, 0.2) is 0 Å². The Kier molecular flexibility index (Phi) is 8.79. The van der Waals surface area contributed by atoms with Gasteiger partial charge in [-0.25, -0.2) is 0 Å². The van der Waals surface area contributed by atoms with Crippen molar-refractivity contribution in [2.45, 2.75) is 23.3 Å². The number of rotatable bonds is 6. The van der Waals surface area contributed by atoms with Crippen molar-refractivity contribution in [2.75, 3.05) is 0 Å². The Morgan fingerprint density at radius 1 is 0.412 bits per heavy atom. The molecule has 0 radical (unpaired) electrons. The minimum absolute atomic E-state index is 1.24. The van der Waals surface area contributed by atoms with Gasteiger partial charge in [-0.05, 0) is 65.7 Å². The van der Waals surface area contributed by atoms with Crippen LogP contribution in [-0.4, -0.2) is 36.2 Å². The summed E-state index contributed by atoms with van der Waals surface area (Å²) in [7, 11) is -7.17. The van der Waals surface area contributed by atoms with E-state index in [1.165, 1.54) is 65.7 Å². The molecular weight excluding hydrogens is 707 g/mol. The molecule has 0 unspecified atom stereocenters. The second-order valence-corrected chi connectivity index (χ2v) is 13.0. The lowest BCUT2D eigenvalue weighted by Gasteiger charge is -2.31.